The number of benzene rings is 3. The second kappa shape index (κ2) is 10.4. The van der Waals surface area contributed by atoms with Crippen LogP contribution >= 0.6 is 11.8 Å². The Balaban J connectivity index is 1.38. The molecule has 5 aromatic rings. The molecule has 0 saturated heterocycles. The van der Waals surface area contributed by atoms with Gasteiger partial charge in [0, 0.05) is 6.04 Å². The zero-order valence-corrected chi connectivity index (χ0v) is 21.0. The molecule has 5 rings (SSSR count). The normalized spacial score (nSPS) is 12.2. The summed E-state index contributed by atoms with van der Waals surface area (Å²) >= 11 is 1.31. The Morgan fingerprint density at radius 1 is 0.972 bits per heavy atom. The van der Waals surface area contributed by atoms with Crippen LogP contribution in [0, 0.1) is 6.92 Å². The molecule has 0 radical (unpaired) electrons. The van der Waals surface area contributed by atoms with Gasteiger partial charge in [-0.25, -0.2) is 4.57 Å². The average Bonchev–Trinajstić information content (AvgIpc) is 3.32. The van der Waals surface area contributed by atoms with E-state index in [1.807, 2.05) is 78.9 Å². The summed E-state index contributed by atoms with van der Waals surface area (Å²) in [5.74, 6) is 0.559. The van der Waals surface area contributed by atoms with Crippen LogP contribution in [0.1, 0.15) is 24.5 Å². The molecule has 0 aliphatic heterocycles. The maximum atomic E-state index is 13.4. The van der Waals surface area contributed by atoms with Crippen molar-refractivity contribution < 1.29 is 4.79 Å². The Morgan fingerprint density at radius 2 is 1.69 bits per heavy atom. The van der Waals surface area contributed by atoms with Gasteiger partial charge in [-0.1, -0.05) is 71.9 Å². The molecule has 3 aromatic carbocycles. The minimum atomic E-state index is -0.157. The minimum absolute atomic E-state index is 0.0565. The molecule has 1 amide bonds. The van der Waals surface area contributed by atoms with Gasteiger partial charge in [0.05, 0.1) is 22.3 Å². The summed E-state index contributed by atoms with van der Waals surface area (Å²) in [5, 5.41) is 12.9. The second-order valence-corrected chi connectivity index (χ2v) is 9.84. The molecule has 1 atom stereocenters. The number of hydrogen-bond donors (Lipinski definition) is 1. The van der Waals surface area contributed by atoms with E-state index < -0.39 is 0 Å². The lowest BCUT2D eigenvalue weighted by Crippen LogP contribution is -2.34. The van der Waals surface area contributed by atoms with Gasteiger partial charge in [-0.3, -0.25) is 14.0 Å². The lowest BCUT2D eigenvalue weighted by atomic mass is 10.1. The molecule has 2 heterocycles. The van der Waals surface area contributed by atoms with Crippen molar-refractivity contribution in [3.63, 3.8) is 0 Å². The molecule has 8 heteroatoms. The monoisotopic (exact) mass is 497 g/mol. The number of carbonyl (C=O) groups excluding carboxylic acids is 1. The van der Waals surface area contributed by atoms with Crippen molar-refractivity contribution in [1.82, 2.24) is 24.5 Å². The van der Waals surface area contributed by atoms with Crippen molar-refractivity contribution in [3.05, 3.63) is 100 Å². The third-order valence-corrected chi connectivity index (χ3v) is 7.06. The van der Waals surface area contributed by atoms with Crippen LogP contribution in [0.5, 0.6) is 0 Å². The summed E-state index contributed by atoms with van der Waals surface area (Å²) in [6.07, 6.45) is 1.77. The predicted molar refractivity (Wildman–Crippen MR) is 144 cm³/mol. The topological polar surface area (TPSA) is 81.3 Å². The highest BCUT2D eigenvalue weighted by molar-refractivity contribution is 7.99. The fraction of sp³-hybridized carbons (Fsp3) is 0.214. The number of hydrogen-bond acceptors (Lipinski definition) is 5. The summed E-state index contributed by atoms with van der Waals surface area (Å²) in [5.41, 5.74) is 3.64. The van der Waals surface area contributed by atoms with Crippen molar-refractivity contribution >= 4 is 34.3 Å². The largest absolute Gasteiger partial charge is 0.353 e. The Bertz CT molecular complexity index is 1580. The highest BCUT2D eigenvalue weighted by atomic mass is 32.2. The fourth-order valence-electron chi connectivity index (χ4n) is 4.25. The van der Waals surface area contributed by atoms with Gasteiger partial charge in [-0.15, -0.1) is 10.2 Å². The van der Waals surface area contributed by atoms with E-state index in [1.54, 1.807) is 10.6 Å². The molecular weight excluding hydrogens is 470 g/mol. The molecule has 1 N–H and O–H groups in total. The molecule has 2 aromatic heterocycles. The number of thioether (sulfide) groups is 1. The van der Waals surface area contributed by atoms with E-state index in [4.69, 9.17) is 0 Å². The van der Waals surface area contributed by atoms with Crippen molar-refractivity contribution in [2.75, 3.05) is 5.75 Å². The van der Waals surface area contributed by atoms with Gasteiger partial charge in [0.15, 0.2) is 5.16 Å². The number of rotatable bonds is 8. The molecule has 182 valence electrons. The summed E-state index contributed by atoms with van der Waals surface area (Å²) in [6, 6.07) is 25.4. The third-order valence-electron chi connectivity index (χ3n) is 6.14. The summed E-state index contributed by atoms with van der Waals surface area (Å²) in [4.78, 5) is 26.1. The summed E-state index contributed by atoms with van der Waals surface area (Å²) in [7, 11) is 0. The van der Waals surface area contributed by atoms with Gasteiger partial charge < -0.3 is 5.32 Å². The standard InChI is InChI=1S/C28H27N5O2S/c1-19-12-16-22(17-13-19)32-26(35)23-10-6-7-11-24(23)33-27(32)30-31-28(33)36-18-25(34)29-20(2)14-15-21-8-4-3-5-9-21/h3-13,16-17,20H,14-15,18H2,1-2H3,(H,29,34). The second-order valence-electron chi connectivity index (χ2n) is 8.89. The smallest absolute Gasteiger partial charge is 0.267 e. The van der Waals surface area contributed by atoms with Crippen LogP contribution in [-0.4, -0.2) is 36.9 Å². The molecular formula is C28H27N5O2S. The number of amides is 1. The van der Waals surface area contributed by atoms with Gasteiger partial charge in [0.1, 0.15) is 0 Å². The van der Waals surface area contributed by atoms with Crippen LogP contribution in [0.15, 0.2) is 88.8 Å². The quantitative estimate of drug-likeness (QED) is 0.318. The first-order valence-corrected chi connectivity index (χ1v) is 12.9. The van der Waals surface area contributed by atoms with E-state index in [0.29, 0.717) is 21.8 Å². The zero-order chi connectivity index (χ0) is 25.1. The van der Waals surface area contributed by atoms with Crippen LogP contribution < -0.4 is 10.9 Å². The predicted octanol–water partition coefficient (Wildman–Crippen LogP) is 4.57. The highest BCUT2D eigenvalue weighted by Crippen LogP contribution is 2.23. The van der Waals surface area contributed by atoms with E-state index in [9.17, 15) is 9.59 Å². The Labute approximate surface area is 213 Å². The number of para-hydroxylation sites is 1. The minimum Gasteiger partial charge on any atom is -0.353 e. The van der Waals surface area contributed by atoms with E-state index in [0.717, 1.165) is 24.1 Å². The van der Waals surface area contributed by atoms with E-state index >= 15 is 0 Å². The molecule has 0 aliphatic rings. The maximum Gasteiger partial charge on any atom is 0.267 e. The molecule has 7 nitrogen and oxygen atoms in total. The highest BCUT2D eigenvalue weighted by Gasteiger charge is 2.19. The molecule has 0 saturated carbocycles. The van der Waals surface area contributed by atoms with Crippen molar-refractivity contribution in [2.24, 2.45) is 0 Å². The molecule has 0 bridgehead atoms. The van der Waals surface area contributed by atoms with Crippen molar-refractivity contribution in [1.29, 1.82) is 0 Å². The molecule has 0 fully saturated rings. The SMILES string of the molecule is Cc1ccc(-n2c(=O)c3ccccc3n3c(SCC(=O)NC(C)CCc4ccccc4)nnc23)cc1. The first-order chi connectivity index (χ1) is 17.5. The van der Waals surface area contributed by atoms with Gasteiger partial charge in [-0.2, -0.15) is 0 Å². The molecule has 1 unspecified atom stereocenters. The van der Waals surface area contributed by atoms with Crippen LogP contribution in [0.3, 0.4) is 0 Å². The van der Waals surface area contributed by atoms with Crippen molar-refractivity contribution in [3.8, 4) is 5.69 Å². The first-order valence-electron chi connectivity index (χ1n) is 11.9. The maximum absolute atomic E-state index is 13.4. The van der Waals surface area contributed by atoms with Crippen LogP contribution in [0.2, 0.25) is 0 Å². The van der Waals surface area contributed by atoms with E-state index in [1.165, 1.54) is 17.3 Å². The molecule has 0 spiro atoms. The van der Waals surface area contributed by atoms with E-state index in [2.05, 4.69) is 27.6 Å². The number of aryl methyl sites for hydroxylation is 2. The van der Waals surface area contributed by atoms with Crippen LogP contribution in [-0.2, 0) is 11.2 Å². The number of nitrogens with one attached hydrogen (secondary N) is 1. The Morgan fingerprint density at radius 3 is 2.47 bits per heavy atom. The number of carbonyl (C=O) groups is 1. The third kappa shape index (κ3) is 4.90. The zero-order valence-electron chi connectivity index (χ0n) is 20.2. The fourth-order valence-corrected chi connectivity index (χ4v) is 5.00. The summed E-state index contributed by atoms with van der Waals surface area (Å²) in [6.45, 7) is 4.02. The lowest BCUT2D eigenvalue weighted by molar-refractivity contribution is -0.119. The van der Waals surface area contributed by atoms with Crippen LogP contribution in [0.25, 0.3) is 22.4 Å². The number of aromatic nitrogens is 4. The van der Waals surface area contributed by atoms with Gasteiger partial charge in [-0.05, 0) is 56.5 Å². The first kappa shape index (κ1) is 23.8. The Hall–Kier alpha value is -3.91. The van der Waals surface area contributed by atoms with Gasteiger partial charge in [0.25, 0.3) is 5.56 Å². The lowest BCUT2D eigenvalue weighted by Gasteiger charge is -2.14. The van der Waals surface area contributed by atoms with E-state index in [-0.39, 0.29) is 23.3 Å². The van der Waals surface area contributed by atoms with Crippen molar-refractivity contribution in [2.45, 2.75) is 37.9 Å². The summed E-state index contributed by atoms with van der Waals surface area (Å²) < 4.78 is 3.43. The molecule has 0 aliphatic carbocycles. The average molecular weight is 498 g/mol. The van der Waals surface area contributed by atoms with Gasteiger partial charge in [0.2, 0.25) is 11.7 Å². The van der Waals surface area contributed by atoms with Gasteiger partial charge >= 0.3 is 0 Å². The number of nitrogens with zero attached hydrogens (tertiary/aromatic N) is 4. The van der Waals surface area contributed by atoms with Crippen LogP contribution in [0.4, 0.5) is 0 Å². The Kier molecular flexibility index (Phi) is 6.86. The molecule has 36 heavy (non-hydrogen) atoms. The number of fused-ring (bicyclic) bond motifs is 3.